The minimum atomic E-state index is -2.88. The quantitative estimate of drug-likeness (QED) is 0.532. The topological polar surface area (TPSA) is 82.3 Å². The predicted molar refractivity (Wildman–Crippen MR) is 92.4 cm³/mol. The van der Waals surface area contributed by atoms with E-state index in [4.69, 9.17) is 20.8 Å². The van der Waals surface area contributed by atoms with Crippen molar-refractivity contribution >= 4 is 33.2 Å². The molecule has 24 heavy (non-hydrogen) atoms. The molecule has 3 rings (SSSR count). The van der Waals surface area contributed by atoms with E-state index in [9.17, 15) is 8.42 Å². The molecule has 6 nitrogen and oxygen atoms in total. The summed E-state index contributed by atoms with van der Waals surface area (Å²) in [5.74, 6) is 2.48. The Labute approximate surface area is 149 Å². The Kier molecular flexibility index (Phi) is 5.68. The van der Waals surface area contributed by atoms with E-state index < -0.39 is 9.84 Å². The maximum absolute atomic E-state index is 11.5. The van der Waals surface area contributed by atoms with Crippen LogP contribution in [0.15, 0.2) is 33.9 Å². The van der Waals surface area contributed by atoms with Gasteiger partial charge in [0.05, 0.1) is 18.1 Å². The normalized spacial score (nSPS) is 19.5. The Morgan fingerprint density at radius 1 is 1.29 bits per heavy atom. The van der Waals surface area contributed by atoms with E-state index in [-0.39, 0.29) is 17.4 Å². The number of thioether (sulfide) groups is 1. The molecule has 0 bridgehead atoms. The second-order valence-corrected chi connectivity index (χ2v) is 9.30. The number of nitrogens with zero attached hydrogens (tertiary/aromatic N) is 2. The summed E-state index contributed by atoms with van der Waals surface area (Å²) in [6.45, 7) is 0.505. The summed E-state index contributed by atoms with van der Waals surface area (Å²) in [7, 11) is -2.88. The molecule has 1 aliphatic rings. The molecule has 0 saturated carbocycles. The number of aromatic nitrogens is 2. The van der Waals surface area contributed by atoms with Crippen molar-refractivity contribution < 1.29 is 17.6 Å². The van der Waals surface area contributed by atoms with Gasteiger partial charge in [-0.05, 0) is 36.6 Å². The highest BCUT2D eigenvalue weighted by Crippen LogP contribution is 2.24. The second kappa shape index (κ2) is 7.76. The standard InChI is InChI=1S/C15H17ClN2O4S2/c16-12-1-3-13(4-2-12)21-6-7-23-15-18-17-14(22-15)9-11-5-8-24(19,20)10-11/h1-4,11H,5-10H2/t11-/m1/s1. The molecule has 9 heteroatoms. The third-order valence-corrected chi connectivity index (χ3v) is 6.50. The van der Waals surface area contributed by atoms with Crippen LogP contribution in [0, 0.1) is 5.92 Å². The van der Waals surface area contributed by atoms with Crippen molar-refractivity contribution in [2.24, 2.45) is 5.92 Å². The Morgan fingerprint density at radius 2 is 2.08 bits per heavy atom. The molecule has 0 radical (unpaired) electrons. The molecule has 0 aliphatic carbocycles. The van der Waals surface area contributed by atoms with Crippen LogP contribution in [0.1, 0.15) is 12.3 Å². The fraction of sp³-hybridized carbons (Fsp3) is 0.467. The first-order valence-electron chi connectivity index (χ1n) is 7.54. The zero-order chi connectivity index (χ0) is 17.0. The fourth-order valence-electron chi connectivity index (χ4n) is 2.48. The summed E-state index contributed by atoms with van der Waals surface area (Å²) in [6, 6.07) is 7.18. The monoisotopic (exact) mass is 388 g/mol. The maximum Gasteiger partial charge on any atom is 0.276 e. The van der Waals surface area contributed by atoms with E-state index in [1.165, 1.54) is 11.8 Å². The first-order valence-corrected chi connectivity index (χ1v) is 10.7. The molecule has 130 valence electrons. The highest BCUT2D eigenvalue weighted by Gasteiger charge is 2.29. The van der Waals surface area contributed by atoms with Gasteiger partial charge in [-0.25, -0.2) is 8.42 Å². The van der Waals surface area contributed by atoms with Crippen LogP contribution in [0.5, 0.6) is 5.75 Å². The maximum atomic E-state index is 11.5. The second-order valence-electron chi connectivity index (χ2n) is 5.59. The van der Waals surface area contributed by atoms with E-state index in [1.807, 2.05) is 12.1 Å². The van der Waals surface area contributed by atoms with E-state index in [1.54, 1.807) is 12.1 Å². The zero-order valence-electron chi connectivity index (χ0n) is 12.9. The van der Waals surface area contributed by atoms with Crippen molar-refractivity contribution in [1.29, 1.82) is 0 Å². The molecule has 1 atom stereocenters. The SMILES string of the molecule is O=S1(=O)CC[C@H](Cc2nnc(SCCOc3ccc(Cl)cc3)o2)C1. The summed E-state index contributed by atoms with van der Waals surface area (Å²) in [5, 5.41) is 9.11. The first-order chi connectivity index (χ1) is 11.5. The molecule has 2 heterocycles. The van der Waals surface area contributed by atoms with Gasteiger partial charge in [-0.3, -0.25) is 0 Å². The van der Waals surface area contributed by atoms with E-state index in [2.05, 4.69) is 10.2 Å². The van der Waals surface area contributed by atoms with Crippen LogP contribution in [0.25, 0.3) is 0 Å². The summed E-state index contributed by atoms with van der Waals surface area (Å²) in [6.07, 6.45) is 1.19. The van der Waals surface area contributed by atoms with Crippen LogP contribution < -0.4 is 4.74 Å². The molecule has 1 aliphatic heterocycles. The van der Waals surface area contributed by atoms with Crippen molar-refractivity contribution in [1.82, 2.24) is 10.2 Å². The van der Waals surface area contributed by atoms with Crippen LogP contribution in [0.4, 0.5) is 0 Å². The van der Waals surface area contributed by atoms with E-state index in [0.29, 0.717) is 41.3 Å². The molecule has 0 amide bonds. The van der Waals surface area contributed by atoms with Crippen molar-refractivity contribution in [3.63, 3.8) is 0 Å². The lowest BCUT2D eigenvalue weighted by atomic mass is 10.1. The van der Waals surface area contributed by atoms with Gasteiger partial charge < -0.3 is 9.15 Å². The molecule has 1 aromatic heterocycles. The number of ether oxygens (including phenoxy) is 1. The van der Waals surface area contributed by atoms with Gasteiger partial charge in [-0.15, -0.1) is 10.2 Å². The van der Waals surface area contributed by atoms with Gasteiger partial charge in [-0.1, -0.05) is 23.4 Å². The number of benzene rings is 1. The summed E-state index contributed by atoms with van der Waals surface area (Å²) in [4.78, 5) is 0. The average Bonchev–Trinajstić information content (AvgIpc) is 3.12. The van der Waals surface area contributed by atoms with Gasteiger partial charge in [0.2, 0.25) is 5.89 Å². The fourth-order valence-corrected chi connectivity index (χ4v) is 5.06. The van der Waals surface area contributed by atoms with Gasteiger partial charge in [0, 0.05) is 17.2 Å². The molecule has 1 fully saturated rings. The lowest BCUT2D eigenvalue weighted by Crippen LogP contribution is -2.07. The summed E-state index contributed by atoms with van der Waals surface area (Å²) >= 11 is 7.22. The van der Waals surface area contributed by atoms with Gasteiger partial charge in [0.15, 0.2) is 9.84 Å². The Morgan fingerprint density at radius 3 is 2.79 bits per heavy atom. The molecule has 1 saturated heterocycles. The largest absolute Gasteiger partial charge is 0.493 e. The molecule has 1 aromatic carbocycles. The lowest BCUT2D eigenvalue weighted by Gasteiger charge is -2.04. The smallest absolute Gasteiger partial charge is 0.276 e. The first kappa shape index (κ1) is 17.6. The molecule has 2 aromatic rings. The predicted octanol–water partition coefficient (Wildman–Crippen LogP) is 2.87. The molecule has 0 spiro atoms. The molecule has 0 N–H and O–H groups in total. The van der Waals surface area contributed by atoms with Gasteiger partial charge in [-0.2, -0.15) is 0 Å². The van der Waals surface area contributed by atoms with Crippen molar-refractivity contribution in [2.75, 3.05) is 23.9 Å². The molecule has 0 unspecified atom stereocenters. The summed E-state index contributed by atoms with van der Waals surface area (Å²) < 4.78 is 34.0. The van der Waals surface area contributed by atoms with E-state index in [0.717, 1.165) is 5.75 Å². The van der Waals surface area contributed by atoms with Gasteiger partial charge in [0.1, 0.15) is 5.75 Å². The number of sulfone groups is 1. The third-order valence-electron chi connectivity index (χ3n) is 3.63. The summed E-state index contributed by atoms with van der Waals surface area (Å²) in [5.41, 5.74) is 0. The number of rotatable bonds is 7. The van der Waals surface area contributed by atoms with Gasteiger partial charge in [0.25, 0.3) is 5.22 Å². The zero-order valence-corrected chi connectivity index (χ0v) is 15.2. The van der Waals surface area contributed by atoms with Crippen molar-refractivity contribution in [3.8, 4) is 5.75 Å². The Bertz CT molecular complexity index is 777. The van der Waals surface area contributed by atoms with Crippen LogP contribution >= 0.6 is 23.4 Å². The number of halogens is 1. The third kappa shape index (κ3) is 5.12. The lowest BCUT2D eigenvalue weighted by molar-refractivity contribution is 0.342. The average molecular weight is 389 g/mol. The Balaban J connectivity index is 1.40. The van der Waals surface area contributed by atoms with Crippen molar-refractivity contribution in [2.45, 2.75) is 18.1 Å². The van der Waals surface area contributed by atoms with Crippen LogP contribution in [-0.4, -0.2) is 42.5 Å². The minimum Gasteiger partial charge on any atom is -0.493 e. The van der Waals surface area contributed by atoms with Crippen molar-refractivity contribution in [3.05, 3.63) is 35.2 Å². The molecular weight excluding hydrogens is 372 g/mol. The number of hydrogen-bond donors (Lipinski definition) is 0. The number of hydrogen-bond acceptors (Lipinski definition) is 7. The van der Waals surface area contributed by atoms with Gasteiger partial charge >= 0.3 is 0 Å². The van der Waals surface area contributed by atoms with Crippen LogP contribution in [-0.2, 0) is 16.3 Å². The van der Waals surface area contributed by atoms with E-state index >= 15 is 0 Å². The minimum absolute atomic E-state index is 0.0848. The van der Waals surface area contributed by atoms with Crippen LogP contribution in [0.3, 0.4) is 0 Å². The highest BCUT2D eigenvalue weighted by atomic mass is 35.5. The molecular formula is C15H17ClN2O4S2. The Hall–Kier alpha value is -1.25. The highest BCUT2D eigenvalue weighted by molar-refractivity contribution is 7.99. The van der Waals surface area contributed by atoms with Crippen LogP contribution in [0.2, 0.25) is 5.02 Å².